The molecule has 1 heterocycles. The Morgan fingerprint density at radius 2 is 1.67 bits per heavy atom. The fourth-order valence-corrected chi connectivity index (χ4v) is 3.67. The SMILES string of the molecule is CCn1c2ccc(C(=O)c3ccccc3C)cc2c2cc([N+](=O)[O-])ccc21. The molecule has 0 N–H and O–H groups in total. The lowest BCUT2D eigenvalue weighted by Crippen LogP contribution is -2.03. The van der Waals surface area contributed by atoms with E-state index in [1.165, 1.54) is 6.07 Å². The Hall–Kier alpha value is -3.47. The molecule has 0 saturated heterocycles. The highest BCUT2D eigenvalue weighted by atomic mass is 16.6. The Morgan fingerprint density at radius 1 is 1.00 bits per heavy atom. The van der Waals surface area contributed by atoms with Crippen molar-refractivity contribution >= 4 is 33.3 Å². The molecule has 0 amide bonds. The second-order valence-electron chi connectivity index (χ2n) is 6.58. The summed E-state index contributed by atoms with van der Waals surface area (Å²) in [4.78, 5) is 23.8. The Bertz CT molecular complexity index is 1220. The van der Waals surface area contributed by atoms with E-state index in [4.69, 9.17) is 0 Å². The zero-order valence-corrected chi connectivity index (χ0v) is 15.1. The molecule has 0 radical (unpaired) electrons. The van der Waals surface area contributed by atoms with Gasteiger partial charge in [0.25, 0.3) is 5.69 Å². The van der Waals surface area contributed by atoms with Gasteiger partial charge in [-0.1, -0.05) is 24.3 Å². The van der Waals surface area contributed by atoms with Crippen LogP contribution in [0.1, 0.15) is 28.4 Å². The number of carbonyl (C=O) groups is 1. The average molecular weight is 358 g/mol. The molecule has 0 aliphatic rings. The number of nitrogens with zero attached hydrogens (tertiary/aromatic N) is 2. The van der Waals surface area contributed by atoms with Gasteiger partial charge in [-0.05, 0) is 43.7 Å². The Balaban J connectivity index is 1.97. The van der Waals surface area contributed by atoms with Crippen LogP contribution in [-0.2, 0) is 6.54 Å². The van der Waals surface area contributed by atoms with E-state index in [9.17, 15) is 14.9 Å². The van der Waals surface area contributed by atoms with E-state index in [0.717, 1.165) is 33.9 Å². The zero-order chi connectivity index (χ0) is 19.1. The summed E-state index contributed by atoms with van der Waals surface area (Å²) in [5.41, 5.74) is 4.12. The van der Waals surface area contributed by atoms with Crippen molar-refractivity contribution in [1.29, 1.82) is 0 Å². The molecule has 0 bridgehead atoms. The first kappa shape index (κ1) is 17.0. The summed E-state index contributed by atoms with van der Waals surface area (Å²) in [6.45, 7) is 4.69. The molecular formula is C22H18N2O3. The van der Waals surface area contributed by atoms with Crippen LogP contribution in [0.4, 0.5) is 5.69 Å². The van der Waals surface area contributed by atoms with Crippen molar-refractivity contribution in [2.45, 2.75) is 20.4 Å². The van der Waals surface area contributed by atoms with Crippen molar-refractivity contribution in [3.8, 4) is 0 Å². The maximum Gasteiger partial charge on any atom is 0.270 e. The van der Waals surface area contributed by atoms with Gasteiger partial charge in [0.15, 0.2) is 5.78 Å². The van der Waals surface area contributed by atoms with Gasteiger partial charge in [0.2, 0.25) is 0 Å². The molecule has 134 valence electrons. The van der Waals surface area contributed by atoms with E-state index < -0.39 is 4.92 Å². The topological polar surface area (TPSA) is 65.1 Å². The van der Waals surface area contributed by atoms with Crippen LogP contribution >= 0.6 is 0 Å². The van der Waals surface area contributed by atoms with Crippen LogP contribution in [0.15, 0.2) is 60.7 Å². The summed E-state index contributed by atoms with van der Waals surface area (Å²) in [6, 6.07) is 18.0. The maximum atomic E-state index is 13.0. The van der Waals surface area contributed by atoms with Gasteiger partial charge in [0.1, 0.15) is 0 Å². The molecule has 5 nitrogen and oxygen atoms in total. The van der Waals surface area contributed by atoms with Gasteiger partial charge in [-0.25, -0.2) is 0 Å². The number of fused-ring (bicyclic) bond motifs is 3. The lowest BCUT2D eigenvalue weighted by atomic mass is 9.98. The first-order valence-corrected chi connectivity index (χ1v) is 8.82. The average Bonchev–Trinajstić information content (AvgIpc) is 3.00. The van der Waals surface area contributed by atoms with Crippen molar-refractivity contribution in [2.24, 2.45) is 0 Å². The normalized spacial score (nSPS) is 11.2. The second-order valence-corrected chi connectivity index (χ2v) is 6.58. The molecular weight excluding hydrogens is 340 g/mol. The number of hydrogen-bond acceptors (Lipinski definition) is 3. The van der Waals surface area contributed by atoms with Crippen molar-refractivity contribution in [3.63, 3.8) is 0 Å². The molecule has 5 heteroatoms. The smallest absolute Gasteiger partial charge is 0.270 e. The number of nitro groups is 1. The first-order chi connectivity index (χ1) is 13.0. The highest BCUT2D eigenvalue weighted by molar-refractivity contribution is 6.15. The fourth-order valence-electron chi connectivity index (χ4n) is 3.67. The minimum absolute atomic E-state index is 0.0437. The molecule has 0 atom stereocenters. The van der Waals surface area contributed by atoms with Crippen molar-refractivity contribution in [3.05, 3.63) is 87.5 Å². The standard InChI is InChI=1S/C22H18N2O3/c1-3-23-20-10-8-15(22(25)17-7-5-4-6-14(17)2)12-18(20)19-13-16(24(26)27)9-11-21(19)23/h4-13H,3H2,1-2H3. The summed E-state index contributed by atoms with van der Waals surface area (Å²) < 4.78 is 2.11. The summed E-state index contributed by atoms with van der Waals surface area (Å²) in [5, 5.41) is 12.8. The summed E-state index contributed by atoms with van der Waals surface area (Å²) in [5.74, 6) is -0.0437. The molecule has 4 rings (SSSR count). The monoisotopic (exact) mass is 358 g/mol. The van der Waals surface area contributed by atoms with Crippen LogP contribution in [0.25, 0.3) is 21.8 Å². The lowest BCUT2D eigenvalue weighted by molar-refractivity contribution is -0.384. The van der Waals surface area contributed by atoms with Gasteiger partial charge in [0.05, 0.1) is 4.92 Å². The van der Waals surface area contributed by atoms with E-state index in [2.05, 4.69) is 4.57 Å². The van der Waals surface area contributed by atoms with Gasteiger partial charge in [-0.3, -0.25) is 14.9 Å². The van der Waals surface area contributed by atoms with Crippen molar-refractivity contribution in [1.82, 2.24) is 4.57 Å². The minimum atomic E-state index is -0.392. The second kappa shape index (κ2) is 6.36. The largest absolute Gasteiger partial charge is 0.341 e. The minimum Gasteiger partial charge on any atom is -0.341 e. The Morgan fingerprint density at radius 3 is 2.33 bits per heavy atom. The van der Waals surface area contributed by atoms with Crippen LogP contribution in [0.5, 0.6) is 0 Å². The third-order valence-corrected chi connectivity index (χ3v) is 5.03. The van der Waals surface area contributed by atoms with E-state index in [1.807, 2.05) is 56.3 Å². The molecule has 0 aliphatic heterocycles. The van der Waals surface area contributed by atoms with Crippen LogP contribution in [0.2, 0.25) is 0 Å². The van der Waals surface area contributed by atoms with Crippen molar-refractivity contribution in [2.75, 3.05) is 0 Å². The first-order valence-electron chi connectivity index (χ1n) is 8.82. The van der Waals surface area contributed by atoms with Crippen molar-refractivity contribution < 1.29 is 9.72 Å². The molecule has 27 heavy (non-hydrogen) atoms. The summed E-state index contributed by atoms with van der Waals surface area (Å²) >= 11 is 0. The molecule has 1 aromatic heterocycles. The van der Waals surface area contributed by atoms with Gasteiger partial charge < -0.3 is 4.57 Å². The number of benzene rings is 3. The van der Waals surface area contributed by atoms with Gasteiger partial charge in [0, 0.05) is 51.6 Å². The van der Waals surface area contributed by atoms with E-state index in [0.29, 0.717) is 11.1 Å². The number of hydrogen-bond donors (Lipinski definition) is 0. The number of carbonyl (C=O) groups excluding carboxylic acids is 1. The summed E-state index contributed by atoms with van der Waals surface area (Å²) in [6.07, 6.45) is 0. The molecule has 4 aromatic rings. The number of non-ortho nitro benzene ring substituents is 1. The van der Waals surface area contributed by atoms with Crippen LogP contribution in [0, 0.1) is 17.0 Å². The highest BCUT2D eigenvalue weighted by Gasteiger charge is 2.17. The predicted molar refractivity (Wildman–Crippen MR) is 106 cm³/mol. The van der Waals surface area contributed by atoms with Crippen LogP contribution < -0.4 is 0 Å². The fraction of sp³-hybridized carbons (Fsp3) is 0.136. The number of aryl methyl sites for hydroxylation is 2. The Labute approximate surface area is 156 Å². The third-order valence-electron chi connectivity index (χ3n) is 5.03. The Kier molecular flexibility index (Phi) is 4.00. The van der Waals surface area contributed by atoms with Crippen LogP contribution in [0.3, 0.4) is 0 Å². The number of nitro benzene ring substituents is 1. The van der Waals surface area contributed by atoms with E-state index >= 15 is 0 Å². The molecule has 0 spiro atoms. The highest BCUT2D eigenvalue weighted by Crippen LogP contribution is 2.33. The van der Waals surface area contributed by atoms with Crippen LogP contribution in [-0.4, -0.2) is 15.3 Å². The zero-order valence-electron chi connectivity index (χ0n) is 15.1. The maximum absolute atomic E-state index is 13.0. The summed E-state index contributed by atoms with van der Waals surface area (Å²) in [7, 11) is 0. The number of rotatable bonds is 4. The lowest BCUT2D eigenvalue weighted by Gasteiger charge is -2.06. The van der Waals surface area contributed by atoms with Gasteiger partial charge >= 0.3 is 0 Å². The molecule has 3 aromatic carbocycles. The molecule has 0 fully saturated rings. The molecule has 0 aliphatic carbocycles. The third kappa shape index (κ3) is 2.68. The quantitative estimate of drug-likeness (QED) is 0.284. The number of ketones is 1. The molecule has 0 unspecified atom stereocenters. The van der Waals surface area contributed by atoms with Gasteiger partial charge in [-0.2, -0.15) is 0 Å². The predicted octanol–water partition coefficient (Wildman–Crippen LogP) is 5.26. The molecule has 0 saturated carbocycles. The number of aromatic nitrogens is 1. The van der Waals surface area contributed by atoms with E-state index in [-0.39, 0.29) is 11.5 Å². The van der Waals surface area contributed by atoms with E-state index in [1.54, 1.807) is 12.1 Å². The van der Waals surface area contributed by atoms with Gasteiger partial charge in [-0.15, -0.1) is 0 Å².